The first-order chi connectivity index (χ1) is 15.6. The van der Waals surface area contributed by atoms with Gasteiger partial charge in [0, 0.05) is 17.1 Å². The third kappa shape index (κ3) is 7.46. The van der Waals surface area contributed by atoms with Crippen LogP contribution in [0.25, 0.3) is 0 Å². The summed E-state index contributed by atoms with van der Waals surface area (Å²) in [4.78, 5) is 27.9. The summed E-state index contributed by atoms with van der Waals surface area (Å²) in [6.07, 6.45) is 1.07. The van der Waals surface area contributed by atoms with Crippen molar-refractivity contribution in [2.24, 2.45) is 0 Å². The van der Waals surface area contributed by atoms with Crippen molar-refractivity contribution in [1.29, 1.82) is 0 Å². The molecule has 0 saturated carbocycles. The van der Waals surface area contributed by atoms with Crippen molar-refractivity contribution < 1.29 is 18.0 Å². The van der Waals surface area contributed by atoms with Crippen molar-refractivity contribution in [1.82, 2.24) is 10.2 Å². The summed E-state index contributed by atoms with van der Waals surface area (Å²) >= 11 is 6.33. The van der Waals surface area contributed by atoms with Gasteiger partial charge in [-0.2, -0.15) is 0 Å². The van der Waals surface area contributed by atoms with E-state index in [1.807, 2.05) is 39.8 Å². The molecule has 0 spiro atoms. The molecule has 186 valence electrons. The van der Waals surface area contributed by atoms with Gasteiger partial charge in [0.2, 0.25) is 21.8 Å². The van der Waals surface area contributed by atoms with E-state index in [2.05, 4.69) is 5.32 Å². The molecule has 0 saturated heterocycles. The predicted octanol–water partition coefficient (Wildman–Crippen LogP) is 4.05. The topological polar surface area (TPSA) is 86.8 Å². The molecule has 0 heterocycles. The van der Waals surface area contributed by atoms with E-state index >= 15 is 0 Å². The lowest BCUT2D eigenvalue weighted by molar-refractivity contribution is -0.140. The van der Waals surface area contributed by atoms with Gasteiger partial charge in [0.05, 0.1) is 11.9 Å². The van der Waals surface area contributed by atoms with Crippen LogP contribution >= 0.6 is 11.6 Å². The highest BCUT2D eigenvalue weighted by Gasteiger charge is 2.32. The molecule has 0 fully saturated rings. The molecule has 7 nitrogen and oxygen atoms in total. The lowest BCUT2D eigenvalue weighted by atomic mass is 10.1. The third-order valence-corrected chi connectivity index (χ3v) is 6.77. The van der Waals surface area contributed by atoms with Crippen LogP contribution in [0.2, 0.25) is 5.02 Å². The molecule has 9 heteroatoms. The van der Waals surface area contributed by atoms with Gasteiger partial charge in [-0.15, -0.1) is 0 Å². The van der Waals surface area contributed by atoms with Gasteiger partial charge in [-0.3, -0.25) is 13.9 Å². The Morgan fingerprint density at radius 1 is 1.09 bits per heavy atom. The van der Waals surface area contributed by atoms with Gasteiger partial charge < -0.3 is 10.2 Å². The van der Waals surface area contributed by atoms with Gasteiger partial charge >= 0.3 is 0 Å². The molecule has 0 bridgehead atoms. The van der Waals surface area contributed by atoms with E-state index < -0.39 is 34.1 Å². The Morgan fingerprint density at radius 2 is 1.71 bits per heavy atom. The number of carbonyl (C=O) groups excluding carboxylic acids is 2. The summed E-state index contributed by atoms with van der Waals surface area (Å²) in [5.74, 6) is -0.853. The first-order valence-corrected chi connectivity index (χ1v) is 13.2. The van der Waals surface area contributed by atoms with Crippen LogP contribution in [0.1, 0.15) is 44.4 Å². The number of nitrogens with zero attached hydrogens (tertiary/aromatic N) is 2. The molecule has 1 unspecified atom stereocenters. The molecule has 1 N–H and O–H groups in total. The zero-order valence-electron chi connectivity index (χ0n) is 20.8. The van der Waals surface area contributed by atoms with Crippen LogP contribution in [0.5, 0.6) is 0 Å². The zero-order valence-corrected chi connectivity index (χ0v) is 22.4. The lowest BCUT2D eigenvalue weighted by Gasteiger charge is -2.33. The van der Waals surface area contributed by atoms with Gasteiger partial charge in [0.25, 0.3) is 0 Å². The molecule has 34 heavy (non-hydrogen) atoms. The summed E-state index contributed by atoms with van der Waals surface area (Å²) in [7, 11) is -3.78. The van der Waals surface area contributed by atoms with Crippen molar-refractivity contribution >= 4 is 39.1 Å². The summed E-state index contributed by atoms with van der Waals surface area (Å²) in [6, 6.07) is 11.6. The average molecular weight is 508 g/mol. The van der Waals surface area contributed by atoms with Crippen molar-refractivity contribution in [3.8, 4) is 0 Å². The van der Waals surface area contributed by atoms with Crippen molar-refractivity contribution in [2.45, 2.75) is 59.7 Å². The van der Waals surface area contributed by atoms with E-state index in [-0.39, 0.29) is 12.5 Å². The van der Waals surface area contributed by atoms with Gasteiger partial charge in [-0.25, -0.2) is 8.42 Å². The van der Waals surface area contributed by atoms with E-state index in [0.29, 0.717) is 16.3 Å². The molecule has 0 aliphatic rings. The fraction of sp³-hybridized carbons (Fsp3) is 0.440. The second-order valence-electron chi connectivity index (χ2n) is 9.59. The van der Waals surface area contributed by atoms with E-state index in [4.69, 9.17) is 11.6 Å². The number of hydrogen-bond acceptors (Lipinski definition) is 4. The molecule has 0 aliphatic heterocycles. The number of nitrogens with one attached hydrogen (secondary N) is 1. The van der Waals surface area contributed by atoms with Gasteiger partial charge in [0.1, 0.15) is 12.6 Å². The molecule has 0 radical (unpaired) electrons. The van der Waals surface area contributed by atoms with E-state index in [0.717, 1.165) is 21.7 Å². The Kier molecular flexibility index (Phi) is 8.77. The Labute approximate surface area is 208 Å². The fourth-order valence-electron chi connectivity index (χ4n) is 3.45. The molecule has 2 aromatic rings. The molecular formula is C25H34ClN3O4S. The first kappa shape index (κ1) is 27.7. The monoisotopic (exact) mass is 507 g/mol. The van der Waals surface area contributed by atoms with Crippen LogP contribution in [0.15, 0.2) is 42.5 Å². The summed E-state index contributed by atoms with van der Waals surface area (Å²) in [6.45, 7) is 10.4. The average Bonchev–Trinajstić information content (AvgIpc) is 2.70. The van der Waals surface area contributed by atoms with Crippen LogP contribution in [-0.4, -0.2) is 49.5 Å². The van der Waals surface area contributed by atoms with Crippen LogP contribution in [0.4, 0.5) is 5.69 Å². The highest BCUT2D eigenvalue weighted by molar-refractivity contribution is 7.92. The number of benzene rings is 2. The number of halogens is 1. The van der Waals surface area contributed by atoms with Crippen molar-refractivity contribution in [3.63, 3.8) is 0 Å². The quantitative estimate of drug-likeness (QED) is 0.583. The van der Waals surface area contributed by atoms with Gasteiger partial charge in [0.15, 0.2) is 0 Å². The highest BCUT2D eigenvalue weighted by Crippen LogP contribution is 2.25. The molecule has 2 rings (SSSR count). The maximum absolute atomic E-state index is 13.6. The fourth-order valence-corrected chi connectivity index (χ4v) is 4.54. The zero-order chi connectivity index (χ0) is 25.8. The van der Waals surface area contributed by atoms with Crippen LogP contribution in [0.3, 0.4) is 0 Å². The number of aryl methyl sites for hydroxylation is 2. The number of anilines is 1. The Hall–Kier alpha value is -2.58. The largest absolute Gasteiger partial charge is 0.350 e. The summed E-state index contributed by atoms with van der Waals surface area (Å²) in [5.41, 5.74) is 2.18. The minimum Gasteiger partial charge on any atom is -0.350 e. The van der Waals surface area contributed by atoms with Crippen molar-refractivity contribution in [3.05, 3.63) is 64.2 Å². The highest BCUT2D eigenvalue weighted by atomic mass is 35.5. The first-order valence-electron chi connectivity index (χ1n) is 11.0. The Balaban J connectivity index is 2.47. The smallest absolute Gasteiger partial charge is 0.244 e. The molecule has 0 aromatic heterocycles. The second kappa shape index (κ2) is 10.8. The summed E-state index contributed by atoms with van der Waals surface area (Å²) < 4.78 is 26.5. The number of carbonyl (C=O) groups is 2. The third-order valence-electron chi connectivity index (χ3n) is 5.28. The van der Waals surface area contributed by atoms with E-state index in [9.17, 15) is 18.0 Å². The SMILES string of the molecule is Cc1ccc(C)c(N(CC(=O)N(Cc2ccccc2Cl)C(C)C(=O)NC(C)(C)C)S(C)(=O)=O)c1. The number of sulfonamides is 1. The Morgan fingerprint density at radius 3 is 2.26 bits per heavy atom. The number of amides is 2. The predicted molar refractivity (Wildman–Crippen MR) is 137 cm³/mol. The van der Waals surface area contributed by atoms with E-state index in [1.54, 1.807) is 44.2 Å². The van der Waals surface area contributed by atoms with Crippen molar-refractivity contribution in [2.75, 3.05) is 17.1 Å². The standard InChI is InChI=1S/C25H34ClN3O4S/c1-17-12-13-18(2)22(14-17)29(34(7,32)33)16-23(30)28(15-20-10-8-9-11-21(20)26)19(3)24(31)27-25(4,5)6/h8-14,19H,15-16H2,1-7H3,(H,27,31). The maximum Gasteiger partial charge on any atom is 0.244 e. The Bertz CT molecular complexity index is 1160. The maximum atomic E-state index is 13.6. The van der Waals surface area contributed by atoms with E-state index in [1.165, 1.54) is 4.90 Å². The summed E-state index contributed by atoms with van der Waals surface area (Å²) in [5, 5.41) is 3.35. The van der Waals surface area contributed by atoms with Crippen LogP contribution < -0.4 is 9.62 Å². The molecule has 0 aliphatic carbocycles. The minimum atomic E-state index is -3.78. The second-order valence-corrected chi connectivity index (χ2v) is 11.9. The number of rotatable bonds is 8. The molecule has 2 aromatic carbocycles. The van der Waals surface area contributed by atoms with Gasteiger partial charge in [-0.1, -0.05) is 41.9 Å². The van der Waals surface area contributed by atoms with Crippen LogP contribution in [0, 0.1) is 13.8 Å². The number of hydrogen-bond donors (Lipinski definition) is 1. The lowest BCUT2D eigenvalue weighted by Crippen LogP contribution is -2.54. The van der Waals surface area contributed by atoms with Gasteiger partial charge in [-0.05, 0) is 70.4 Å². The van der Waals surface area contributed by atoms with Crippen LogP contribution in [-0.2, 0) is 26.2 Å². The molecule has 1 atom stereocenters. The molecular weight excluding hydrogens is 474 g/mol. The molecule has 2 amide bonds. The normalized spacial score (nSPS) is 12.7. The minimum absolute atomic E-state index is 0.0572.